The maximum atomic E-state index is 13.2. The van der Waals surface area contributed by atoms with Crippen LogP contribution in [-0.2, 0) is 4.79 Å². The van der Waals surface area contributed by atoms with Crippen LogP contribution in [0.5, 0.6) is 0 Å². The lowest BCUT2D eigenvalue weighted by Crippen LogP contribution is -2.34. The summed E-state index contributed by atoms with van der Waals surface area (Å²) in [4.78, 5) is 17.8. The Bertz CT molecular complexity index is 645. The molecular formula is C17H17FN2O2. The Kier molecular flexibility index (Phi) is 4.15. The molecular weight excluding hydrogens is 283 g/mol. The number of likely N-dealkylation sites (tertiary alicyclic amines) is 1. The molecule has 2 heterocycles. The lowest BCUT2D eigenvalue weighted by Gasteiger charge is -2.32. The molecule has 1 aromatic heterocycles. The number of halogens is 1. The number of benzene rings is 1. The monoisotopic (exact) mass is 300 g/mol. The van der Waals surface area contributed by atoms with Crippen molar-refractivity contribution in [3.8, 4) is 0 Å². The second-order valence-corrected chi connectivity index (χ2v) is 5.42. The fraction of sp³-hybridized carbons (Fsp3) is 0.294. The number of aliphatic hydroxyl groups is 1. The maximum absolute atomic E-state index is 13.2. The summed E-state index contributed by atoms with van der Waals surface area (Å²) in [6, 6.07) is 8.91. The maximum Gasteiger partial charge on any atom is 0.223 e. The minimum atomic E-state index is -0.902. The van der Waals surface area contributed by atoms with E-state index in [4.69, 9.17) is 0 Å². The molecule has 2 atom stereocenters. The summed E-state index contributed by atoms with van der Waals surface area (Å²) >= 11 is 0. The summed E-state index contributed by atoms with van der Waals surface area (Å²) in [6.45, 7) is 0.595. The molecule has 1 N–H and O–H groups in total. The van der Waals surface area contributed by atoms with E-state index < -0.39 is 12.1 Å². The Morgan fingerprint density at radius 2 is 1.95 bits per heavy atom. The van der Waals surface area contributed by atoms with Gasteiger partial charge in [-0.05, 0) is 30.2 Å². The minimum Gasteiger partial charge on any atom is -0.386 e. The van der Waals surface area contributed by atoms with Crippen LogP contribution < -0.4 is 0 Å². The van der Waals surface area contributed by atoms with E-state index in [1.54, 1.807) is 41.6 Å². The zero-order chi connectivity index (χ0) is 15.5. The van der Waals surface area contributed by atoms with Gasteiger partial charge in [0.15, 0.2) is 0 Å². The fourth-order valence-corrected chi connectivity index (χ4v) is 2.89. The molecule has 0 saturated carbocycles. The standard InChI is InChI=1S/C17H17FN2O2/c18-14-7-5-12(6-8-14)16(20-10-2-4-15(20)21)17(22)13-3-1-9-19-11-13/h1,3,5-9,11,16-17,22H,2,4,10H2. The van der Waals surface area contributed by atoms with E-state index in [0.29, 0.717) is 24.1 Å². The molecule has 1 aromatic carbocycles. The van der Waals surface area contributed by atoms with Crippen LogP contribution in [0.1, 0.15) is 36.1 Å². The number of aliphatic hydroxyl groups excluding tert-OH is 1. The highest BCUT2D eigenvalue weighted by Gasteiger charge is 2.34. The Hall–Kier alpha value is -2.27. The third kappa shape index (κ3) is 2.85. The second kappa shape index (κ2) is 6.23. The average Bonchev–Trinajstić information content (AvgIpc) is 2.96. The summed E-state index contributed by atoms with van der Waals surface area (Å²) < 4.78 is 13.2. The largest absolute Gasteiger partial charge is 0.386 e. The Morgan fingerprint density at radius 3 is 2.55 bits per heavy atom. The van der Waals surface area contributed by atoms with Gasteiger partial charge in [0.1, 0.15) is 11.9 Å². The first-order chi connectivity index (χ1) is 10.7. The van der Waals surface area contributed by atoms with Crippen molar-refractivity contribution in [2.75, 3.05) is 6.54 Å². The molecule has 1 saturated heterocycles. The molecule has 22 heavy (non-hydrogen) atoms. The summed E-state index contributed by atoms with van der Waals surface area (Å²) in [5, 5.41) is 10.8. The van der Waals surface area contributed by atoms with Crippen molar-refractivity contribution >= 4 is 5.91 Å². The first kappa shape index (κ1) is 14.7. The van der Waals surface area contributed by atoms with Crippen LogP contribution in [0.25, 0.3) is 0 Å². The predicted octanol–water partition coefficient (Wildman–Crippen LogP) is 2.62. The van der Waals surface area contributed by atoms with Gasteiger partial charge in [-0.15, -0.1) is 0 Å². The quantitative estimate of drug-likeness (QED) is 0.944. The fourth-order valence-electron chi connectivity index (χ4n) is 2.89. The minimum absolute atomic E-state index is 0.0114. The summed E-state index contributed by atoms with van der Waals surface area (Å²) in [7, 11) is 0. The van der Waals surface area contributed by atoms with Crippen molar-refractivity contribution in [1.82, 2.24) is 9.88 Å². The third-order valence-electron chi connectivity index (χ3n) is 3.98. The Labute approximate surface area is 128 Å². The Morgan fingerprint density at radius 1 is 1.18 bits per heavy atom. The molecule has 5 heteroatoms. The molecule has 3 rings (SSSR count). The van der Waals surface area contributed by atoms with Gasteiger partial charge in [0, 0.05) is 30.9 Å². The Balaban J connectivity index is 1.99. The van der Waals surface area contributed by atoms with Crippen molar-refractivity contribution in [2.45, 2.75) is 25.0 Å². The van der Waals surface area contributed by atoms with Gasteiger partial charge in [0.2, 0.25) is 5.91 Å². The number of amides is 1. The predicted molar refractivity (Wildman–Crippen MR) is 79.3 cm³/mol. The van der Waals surface area contributed by atoms with Crippen LogP contribution >= 0.6 is 0 Å². The van der Waals surface area contributed by atoms with Crippen LogP contribution in [-0.4, -0.2) is 27.4 Å². The van der Waals surface area contributed by atoms with E-state index in [1.165, 1.54) is 12.1 Å². The van der Waals surface area contributed by atoms with Crippen molar-refractivity contribution in [3.63, 3.8) is 0 Å². The first-order valence-corrected chi connectivity index (χ1v) is 7.30. The number of pyridine rings is 1. The third-order valence-corrected chi connectivity index (χ3v) is 3.98. The highest BCUT2D eigenvalue weighted by molar-refractivity contribution is 5.78. The average molecular weight is 300 g/mol. The van der Waals surface area contributed by atoms with Crippen molar-refractivity contribution in [3.05, 3.63) is 65.7 Å². The molecule has 0 radical (unpaired) electrons. The number of carbonyl (C=O) groups excluding carboxylic acids is 1. The molecule has 0 bridgehead atoms. The van der Waals surface area contributed by atoms with Crippen LogP contribution in [0.2, 0.25) is 0 Å². The van der Waals surface area contributed by atoms with E-state index in [9.17, 15) is 14.3 Å². The van der Waals surface area contributed by atoms with E-state index in [0.717, 1.165) is 6.42 Å². The smallest absolute Gasteiger partial charge is 0.223 e. The molecule has 2 unspecified atom stereocenters. The van der Waals surface area contributed by atoms with Gasteiger partial charge in [-0.1, -0.05) is 18.2 Å². The van der Waals surface area contributed by atoms with Gasteiger partial charge >= 0.3 is 0 Å². The lowest BCUT2D eigenvalue weighted by atomic mass is 9.95. The van der Waals surface area contributed by atoms with E-state index in [1.807, 2.05) is 0 Å². The molecule has 1 aliphatic rings. The summed E-state index contributed by atoms with van der Waals surface area (Å²) in [6.07, 6.45) is 3.57. The van der Waals surface area contributed by atoms with Gasteiger partial charge in [0.05, 0.1) is 6.04 Å². The van der Waals surface area contributed by atoms with Gasteiger partial charge in [-0.25, -0.2) is 4.39 Å². The number of hydrogen-bond acceptors (Lipinski definition) is 3. The first-order valence-electron chi connectivity index (χ1n) is 7.30. The van der Waals surface area contributed by atoms with Gasteiger partial charge < -0.3 is 10.0 Å². The van der Waals surface area contributed by atoms with Crippen molar-refractivity contribution < 1.29 is 14.3 Å². The van der Waals surface area contributed by atoms with E-state index in [-0.39, 0.29) is 11.7 Å². The van der Waals surface area contributed by atoms with Gasteiger partial charge in [-0.3, -0.25) is 9.78 Å². The topological polar surface area (TPSA) is 53.4 Å². The van der Waals surface area contributed by atoms with Crippen LogP contribution in [0, 0.1) is 5.82 Å². The molecule has 2 aromatic rings. The van der Waals surface area contributed by atoms with Crippen molar-refractivity contribution in [1.29, 1.82) is 0 Å². The molecule has 0 spiro atoms. The van der Waals surface area contributed by atoms with E-state index in [2.05, 4.69) is 4.98 Å². The second-order valence-electron chi connectivity index (χ2n) is 5.42. The van der Waals surface area contributed by atoms with Crippen molar-refractivity contribution in [2.24, 2.45) is 0 Å². The zero-order valence-corrected chi connectivity index (χ0v) is 12.0. The molecule has 114 valence electrons. The SMILES string of the molecule is O=C1CCCN1C(c1ccc(F)cc1)C(O)c1cccnc1. The lowest BCUT2D eigenvalue weighted by molar-refractivity contribution is -0.132. The molecule has 0 aliphatic carbocycles. The summed E-state index contributed by atoms with van der Waals surface area (Å²) in [5.41, 5.74) is 1.35. The van der Waals surface area contributed by atoms with E-state index >= 15 is 0 Å². The zero-order valence-electron chi connectivity index (χ0n) is 12.0. The van der Waals surface area contributed by atoms with Gasteiger partial charge in [0.25, 0.3) is 0 Å². The number of hydrogen-bond donors (Lipinski definition) is 1. The molecule has 1 fully saturated rings. The number of nitrogens with zero attached hydrogens (tertiary/aromatic N) is 2. The number of carbonyl (C=O) groups is 1. The number of rotatable bonds is 4. The highest BCUT2D eigenvalue weighted by atomic mass is 19.1. The van der Waals surface area contributed by atoms with Crippen LogP contribution in [0.4, 0.5) is 4.39 Å². The molecule has 4 nitrogen and oxygen atoms in total. The molecule has 1 amide bonds. The highest BCUT2D eigenvalue weighted by Crippen LogP contribution is 2.36. The normalized spacial score (nSPS) is 17.5. The number of aromatic nitrogens is 1. The van der Waals surface area contributed by atoms with Crippen LogP contribution in [0.15, 0.2) is 48.8 Å². The summed E-state index contributed by atoms with van der Waals surface area (Å²) in [5.74, 6) is -0.330. The van der Waals surface area contributed by atoms with Gasteiger partial charge in [-0.2, -0.15) is 0 Å². The van der Waals surface area contributed by atoms with Crippen LogP contribution in [0.3, 0.4) is 0 Å². The molecule has 1 aliphatic heterocycles.